The lowest BCUT2D eigenvalue weighted by molar-refractivity contribution is -0.115. The van der Waals surface area contributed by atoms with Gasteiger partial charge in [0.15, 0.2) is 10.6 Å². The monoisotopic (exact) mass is 470 g/mol. The second-order valence-corrected chi connectivity index (χ2v) is 9.36. The van der Waals surface area contributed by atoms with Gasteiger partial charge in [-0.15, -0.1) is 10.2 Å². The Labute approximate surface area is 187 Å². The molecule has 2 heterocycles. The van der Waals surface area contributed by atoms with Crippen LogP contribution in [0.1, 0.15) is 13.3 Å². The fourth-order valence-corrected chi connectivity index (χ4v) is 4.31. The van der Waals surface area contributed by atoms with Crippen LogP contribution in [-0.4, -0.2) is 35.0 Å². The number of rotatable bonds is 6. The van der Waals surface area contributed by atoms with Gasteiger partial charge >= 0.3 is 0 Å². The van der Waals surface area contributed by atoms with Crippen molar-refractivity contribution < 1.29 is 18.3 Å². The third kappa shape index (κ3) is 4.36. The van der Waals surface area contributed by atoms with Crippen LogP contribution in [0, 0.1) is 0 Å². The Bertz CT molecular complexity index is 1480. The number of aromatic hydroxyl groups is 1. The van der Waals surface area contributed by atoms with Crippen molar-refractivity contribution in [3.8, 4) is 5.75 Å². The van der Waals surface area contributed by atoms with Crippen LogP contribution in [0.4, 0.5) is 22.1 Å². The highest BCUT2D eigenvalue weighted by Crippen LogP contribution is 2.44. The molecule has 0 spiro atoms. The average molecular weight is 471 g/mol. The van der Waals surface area contributed by atoms with Crippen LogP contribution in [-0.2, 0) is 14.8 Å². The van der Waals surface area contributed by atoms with Gasteiger partial charge in [0, 0.05) is 23.4 Å². The molecule has 0 aliphatic carbocycles. The van der Waals surface area contributed by atoms with Crippen LogP contribution in [0.15, 0.2) is 52.8 Å². The number of carbonyl (C=O) groups is 1. The molecule has 3 N–H and O–H groups in total. The van der Waals surface area contributed by atoms with E-state index in [2.05, 4.69) is 29.6 Å². The van der Waals surface area contributed by atoms with Crippen molar-refractivity contribution in [1.82, 2.24) is 9.36 Å². The van der Waals surface area contributed by atoms with E-state index in [4.69, 9.17) is 0 Å². The second kappa shape index (κ2) is 8.48. The molecule has 0 aliphatic heterocycles. The van der Waals surface area contributed by atoms with Crippen LogP contribution < -0.4 is 10.0 Å². The molecule has 0 saturated heterocycles. The quantitative estimate of drug-likeness (QED) is 0.275. The van der Waals surface area contributed by atoms with Gasteiger partial charge in [0.1, 0.15) is 5.75 Å². The van der Waals surface area contributed by atoms with Crippen molar-refractivity contribution in [2.45, 2.75) is 13.3 Å². The summed E-state index contributed by atoms with van der Waals surface area (Å²) in [5, 5.41) is 23.9. The van der Waals surface area contributed by atoms with Crippen LogP contribution in [0.3, 0.4) is 0 Å². The molecular formula is C20H18N6O4S2. The molecule has 10 nitrogen and oxygen atoms in total. The molecule has 0 fully saturated rings. The first-order valence-corrected chi connectivity index (χ1v) is 12.1. The number of hydrogen-bond acceptors (Lipinski definition) is 9. The Balaban J connectivity index is 1.93. The lowest BCUT2D eigenvalue weighted by atomic mass is 10.0. The van der Waals surface area contributed by atoms with Gasteiger partial charge < -0.3 is 10.4 Å². The van der Waals surface area contributed by atoms with Crippen LogP contribution in [0.25, 0.3) is 21.8 Å². The molecule has 0 radical (unpaired) electrons. The number of pyridine rings is 1. The van der Waals surface area contributed by atoms with Crippen LogP contribution >= 0.6 is 11.5 Å². The third-order valence-corrected chi connectivity index (χ3v) is 5.82. The summed E-state index contributed by atoms with van der Waals surface area (Å²) >= 11 is 1.12. The number of aromatic nitrogens is 2. The minimum Gasteiger partial charge on any atom is -0.505 e. The van der Waals surface area contributed by atoms with Crippen molar-refractivity contribution in [2.75, 3.05) is 16.3 Å². The zero-order valence-corrected chi connectivity index (χ0v) is 18.7. The number of nitrogens with one attached hydrogen (secondary N) is 2. The first kappa shape index (κ1) is 21.6. The predicted molar refractivity (Wildman–Crippen MR) is 125 cm³/mol. The molecule has 4 rings (SSSR count). The highest BCUT2D eigenvalue weighted by Gasteiger charge is 2.18. The molecule has 0 saturated carbocycles. The van der Waals surface area contributed by atoms with E-state index >= 15 is 0 Å². The van der Waals surface area contributed by atoms with Crippen molar-refractivity contribution in [2.24, 2.45) is 10.2 Å². The third-order valence-electron chi connectivity index (χ3n) is 4.49. The summed E-state index contributed by atoms with van der Waals surface area (Å²) in [4.78, 5) is 16.1. The number of hydrogen-bond donors (Lipinski definition) is 3. The zero-order valence-electron chi connectivity index (χ0n) is 17.0. The molecule has 0 unspecified atom stereocenters. The van der Waals surface area contributed by atoms with Gasteiger partial charge in [-0.2, -0.15) is 4.37 Å². The molecule has 2 aromatic carbocycles. The van der Waals surface area contributed by atoms with E-state index in [0.717, 1.165) is 23.2 Å². The summed E-state index contributed by atoms with van der Waals surface area (Å²) in [7, 11) is -3.61. The minimum absolute atomic E-state index is 0.144. The van der Waals surface area contributed by atoms with E-state index in [-0.39, 0.29) is 35.1 Å². The fraction of sp³-hybridized carbons (Fsp3) is 0.150. The Hall–Kier alpha value is -3.64. The number of phenols is 1. The average Bonchev–Trinajstić information content (AvgIpc) is 3.17. The molecule has 0 aliphatic rings. The maximum Gasteiger partial charge on any atom is 0.229 e. The Morgan fingerprint density at radius 1 is 1.16 bits per heavy atom. The summed E-state index contributed by atoms with van der Waals surface area (Å²) in [6, 6.07) is 9.77. The van der Waals surface area contributed by atoms with Gasteiger partial charge in [-0.1, -0.05) is 19.1 Å². The Kier molecular flexibility index (Phi) is 5.72. The van der Waals surface area contributed by atoms with Crippen molar-refractivity contribution >= 4 is 71.3 Å². The maximum atomic E-state index is 11.9. The number of amides is 1. The number of sulfonamides is 1. The van der Waals surface area contributed by atoms with E-state index in [0.29, 0.717) is 21.4 Å². The van der Waals surface area contributed by atoms with Gasteiger partial charge in [0.05, 0.1) is 28.7 Å². The number of phenolic OH excluding ortho intramolecular Hbond substituents is 1. The summed E-state index contributed by atoms with van der Waals surface area (Å²) in [5.41, 5.74) is 1.16. The number of benzene rings is 2. The van der Waals surface area contributed by atoms with Gasteiger partial charge in [-0.3, -0.25) is 9.52 Å². The molecule has 4 aromatic rings. The molecular weight excluding hydrogens is 452 g/mol. The topological polar surface area (TPSA) is 146 Å². The number of carbonyl (C=O) groups excluding carboxylic acids is 1. The first-order chi connectivity index (χ1) is 15.3. The van der Waals surface area contributed by atoms with Gasteiger partial charge in [-0.25, -0.2) is 13.4 Å². The smallest absolute Gasteiger partial charge is 0.229 e. The fourth-order valence-electron chi connectivity index (χ4n) is 3.09. The highest BCUT2D eigenvalue weighted by atomic mass is 32.2. The molecule has 0 bridgehead atoms. The molecule has 0 atom stereocenters. The maximum absolute atomic E-state index is 11.9. The Morgan fingerprint density at radius 3 is 2.69 bits per heavy atom. The summed E-state index contributed by atoms with van der Waals surface area (Å²) in [6.45, 7) is 1.69. The molecule has 1 amide bonds. The largest absolute Gasteiger partial charge is 0.505 e. The van der Waals surface area contributed by atoms with Crippen molar-refractivity contribution in [3.63, 3.8) is 0 Å². The predicted octanol–water partition coefficient (Wildman–Crippen LogP) is 4.69. The first-order valence-electron chi connectivity index (χ1n) is 9.45. The van der Waals surface area contributed by atoms with E-state index in [1.165, 1.54) is 6.07 Å². The van der Waals surface area contributed by atoms with Gasteiger partial charge in [-0.05, 0) is 35.8 Å². The molecule has 12 heteroatoms. The minimum atomic E-state index is -3.61. The zero-order chi connectivity index (χ0) is 22.9. The van der Waals surface area contributed by atoms with E-state index in [1.807, 2.05) is 6.07 Å². The summed E-state index contributed by atoms with van der Waals surface area (Å²) in [6.07, 6.45) is 2.87. The van der Waals surface area contributed by atoms with Crippen LogP contribution in [0.5, 0.6) is 5.75 Å². The summed E-state index contributed by atoms with van der Waals surface area (Å²) in [5.74, 6) is -0.502. The lowest BCUT2D eigenvalue weighted by Gasteiger charge is -2.14. The molecule has 164 valence electrons. The highest BCUT2D eigenvalue weighted by molar-refractivity contribution is 7.92. The van der Waals surface area contributed by atoms with E-state index in [1.54, 1.807) is 37.4 Å². The van der Waals surface area contributed by atoms with Gasteiger partial charge in [0.25, 0.3) is 0 Å². The number of fused-ring (bicyclic) bond motifs is 2. The second-order valence-electron chi connectivity index (χ2n) is 6.86. The normalized spacial score (nSPS) is 11.9. The standard InChI is InChI=1S/C20H18N6O4S2/c1-3-16(27)22-15-10-14(23-24-20-12-7-5-9-21-19(12)25-31-20)17-11(18(15)28)6-4-8-13(17)26-32(2,29)30/h4-10,26,28H,3H2,1-2H3,(H,22,27)/b24-23+. The number of nitrogens with zero attached hydrogens (tertiary/aromatic N) is 4. The van der Waals surface area contributed by atoms with Gasteiger partial charge in [0.2, 0.25) is 15.9 Å². The Morgan fingerprint density at radius 2 is 1.94 bits per heavy atom. The van der Waals surface area contributed by atoms with E-state index < -0.39 is 10.0 Å². The van der Waals surface area contributed by atoms with Crippen molar-refractivity contribution in [3.05, 3.63) is 42.6 Å². The number of azo groups is 1. The molecule has 32 heavy (non-hydrogen) atoms. The van der Waals surface area contributed by atoms with E-state index in [9.17, 15) is 18.3 Å². The molecule has 2 aromatic heterocycles. The SMILES string of the molecule is CCC(=O)Nc1cc(/N=N/c2snc3ncccc23)c2c(NS(C)(=O)=O)cccc2c1O. The lowest BCUT2D eigenvalue weighted by Crippen LogP contribution is -2.11. The summed E-state index contributed by atoms with van der Waals surface area (Å²) < 4.78 is 30.4. The van der Waals surface area contributed by atoms with Crippen molar-refractivity contribution in [1.29, 1.82) is 0 Å². The number of anilines is 2. The van der Waals surface area contributed by atoms with Crippen LogP contribution in [0.2, 0.25) is 0 Å².